The fourth-order valence-electron chi connectivity index (χ4n) is 3.74. The van der Waals surface area contributed by atoms with Crippen LogP contribution in [-0.4, -0.2) is 46.0 Å². The molecule has 8 heteroatoms. The Morgan fingerprint density at radius 2 is 2.29 bits per heavy atom. The number of hydrogen-bond donors (Lipinski definition) is 3. The quantitative estimate of drug-likeness (QED) is 0.627. The van der Waals surface area contributed by atoms with E-state index in [0.29, 0.717) is 19.5 Å². The van der Waals surface area contributed by atoms with Gasteiger partial charge in [0.05, 0.1) is 10.9 Å². The predicted molar refractivity (Wildman–Crippen MR) is 106 cm³/mol. The highest BCUT2D eigenvalue weighted by Gasteiger charge is 2.36. The molecule has 0 saturated carbocycles. The number of aromatic amines is 1. The van der Waals surface area contributed by atoms with E-state index in [1.807, 2.05) is 6.20 Å². The number of carbonyl (C=O) groups excluding carboxylic acids is 1. The van der Waals surface area contributed by atoms with Crippen LogP contribution in [0.4, 0.5) is 10.2 Å². The van der Waals surface area contributed by atoms with Gasteiger partial charge < -0.3 is 20.9 Å². The number of benzene rings is 1. The molecule has 1 aliphatic rings. The van der Waals surface area contributed by atoms with E-state index in [9.17, 15) is 9.18 Å². The van der Waals surface area contributed by atoms with Crippen molar-refractivity contribution >= 4 is 22.8 Å². The topological polar surface area (TPSA) is 99.9 Å². The molecule has 7 nitrogen and oxygen atoms in total. The third-order valence-corrected chi connectivity index (χ3v) is 5.29. The lowest BCUT2D eigenvalue weighted by Crippen LogP contribution is -2.52. The van der Waals surface area contributed by atoms with Gasteiger partial charge in [0.25, 0.3) is 5.91 Å². The van der Waals surface area contributed by atoms with Crippen molar-refractivity contribution in [3.63, 3.8) is 0 Å². The van der Waals surface area contributed by atoms with Gasteiger partial charge in [0, 0.05) is 31.4 Å². The van der Waals surface area contributed by atoms with Crippen LogP contribution in [0.3, 0.4) is 0 Å². The molecule has 0 radical (unpaired) electrons. The van der Waals surface area contributed by atoms with Crippen molar-refractivity contribution in [3.05, 3.63) is 53.7 Å². The molecule has 4 rings (SSSR count). The van der Waals surface area contributed by atoms with Gasteiger partial charge in [-0.3, -0.25) is 4.79 Å². The summed E-state index contributed by atoms with van der Waals surface area (Å²) in [4.78, 5) is 26.4. The van der Waals surface area contributed by atoms with Crippen LogP contribution >= 0.6 is 0 Å². The number of halogens is 1. The molecule has 146 valence electrons. The van der Waals surface area contributed by atoms with E-state index < -0.39 is 11.4 Å². The van der Waals surface area contributed by atoms with E-state index in [0.717, 1.165) is 29.8 Å². The first-order valence-corrected chi connectivity index (χ1v) is 9.38. The third-order valence-electron chi connectivity index (χ3n) is 5.29. The van der Waals surface area contributed by atoms with Gasteiger partial charge in [-0.25, -0.2) is 14.4 Å². The lowest BCUT2D eigenvalue weighted by Gasteiger charge is -2.25. The molecule has 1 aliphatic heterocycles. The van der Waals surface area contributed by atoms with Crippen LogP contribution in [0.5, 0.6) is 0 Å². The van der Waals surface area contributed by atoms with Gasteiger partial charge in [-0.2, -0.15) is 0 Å². The zero-order chi connectivity index (χ0) is 19.7. The minimum absolute atomic E-state index is 0.288. The smallest absolute Gasteiger partial charge is 0.251 e. The van der Waals surface area contributed by atoms with Crippen molar-refractivity contribution < 1.29 is 9.18 Å². The van der Waals surface area contributed by atoms with E-state index in [2.05, 4.69) is 32.1 Å². The molecule has 0 bridgehead atoms. The van der Waals surface area contributed by atoms with Crippen molar-refractivity contribution in [2.24, 2.45) is 5.73 Å². The van der Waals surface area contributed by atoms with Gasteiger partial charge in [0.2, 0.25) is 0 Å². The zero-order valence-corrected chi connectivity index (χ0v) is 15.7. The van der Waals surface area contributed by atoms with E-state index in [-0.39, 0.29) is 11.5 Å². The summed E-state index contributed by atoms with van der Waals surface area (Å²) in [6, 6.07) is 5.63. The molecular formula is C20H23FN6O. The lowest BCUT2D eigenvalue weighted by molar-refractivity contribution is 0.0944. The summed E-state index contributed by atoms with van der Waals surface area (Å²) in [5.74, 6) is 0.103. The van der Waals surface area contributed by atoms with Crippen molar-refractivity contribution in [1.29, 1.82) is 0 Å². The molecule has 2 aromatic heterocycles. The molecule has 0 unspecified atom stereocenters. The van der Waals surface area contributed by atoms with Crippen LogP contribution in [0.1, 0.15) is 29.3 Å². The molecule has 1 atom stereocenters. The Kier molecular flexibility index (Phi) is 4.72. The first-order chi connectivity index (χ1) is 13.5. The Labute approximate surface area is 162 Å². The van der Waals surface area contributed by atoms with Crippen molar-refractivity contribution in [2.45, 2.75) is 25.3 Å². The summed E-state index contributed by atoms with van der Waals surface area (Å²) in [5.41, 5.74) is 8.24. The van der Waals surface area contributed by atoms with Crippen molar-refractivity contribution in [3.8, 4) is 0 Å². The van der Waals surface area contributed by atoms with Crippen molar-refractivity contribution in [2.75, 3.05) is 24.5 Å². The number of fused-ring (bicyclic) bond motifs is 1. The Bertz CT molecular complexity index is 1020. The lowest BCUT2D eigenvalue weighted by atomic mass is 10.00. The maximum absolute atomic E-state index is 13.3. The summed E-state index contributed by atoms with van der Waals surface area (Å²) < 4.78 is 13.3. The zero-order valence-electron chi connectivity index (χ0n) is 15.7. The number of aromatic nitrogens is 3. The highest BCUT2D eigenvalue weighted by atomic mass is 19.1. The van der Waals surface area contributed by atoms with Crippen LogP contribution in [0.2, 0.25) is 0 Å². The number of amides is 1. The molecule has 0 aliphatic carbocycles. The van der Waals surface area contributed by atoms with Crippen LogP contribution in [-0.2, 0) is 6.42 Å². The minimum Gasteiger partial charge on any atom is -0.354 e. The summed E-state index contributed by atoms with van der Waals surface area (Å²) in [6.07, 6.45) is 5.11. The average molecular weight is 382 g/mol. The van der Waals surface area contributed by atoms with E-state index in [4.69, 9.17) is 5.73 Å². The molecular weight excluding hydrogens is 359 g/mol. The average Bonchev–Trinajstić information content (AvgIpc) is 3.30. The second kappa shape index (κ2) is 7.20. The SMILES string of the molecule is CCc1c[nH]c2ncnc(N3CC[C@](N)(CNC(=O)c4cccc(F)c4)C3)c12. The minimum atomic E-state index is -0.580. The van der Waals surface area contributed by atoms with Gasteiger partial charge in [-0.05, 0) is 36.6 Å². The normalized spacial score (nSPS) is 19.3. The number of nitrogens with one attached hydrogen (secondary N) is 2. The Balaban J connectivity index is 1.48. The molecule has 0 spiro atoms. The van der Waals surface area contributed by atoms with Crippen LogP contribution in [0.15, 0.2) is 36.8 Å². The van der Waals surface area contributed by atoms with E-state index in [1.54, 1.807) is 12.4 Å². The number of aryl methyl sites for hydroxylation is 1. The standard InChI is InChI=1S/C20H23FN6O/c1-2-13-9-23-17-16(13)18(26-12-25-17)27-7-6-20(22,11-27)10-24-19(28)14-4-3-5-15(21)8-14/h3-5,8-9,12H,2,6-7,10-11,22H2,1H3,(H,24,28)(H,23,25,26)/t20-/m0/s1. The Hall–Kier alpha value is -3.00. The summed E-state index contributed by atoms with van der Waals surface area (Å²) in [7, 11) is 0. The fourth-order valence-corrected chi connectivity index (χ4v) is 3.74. The number of nitrogens with zero attached hydrogens (tertiary/aromatic N) is 3. The van der Waals surface area contributed by atoms with Gasteiger partial charge in [-0.1, -0.05) is 13.0 Å². The maximum Gasteiger partial charge on any atom is 0.251 e. The second-order valence-corrected chi connectivity index (χ2v) is 7.32. The number of anilines is 1. The molecule has 3 heterocycles. The molecule has 3 aromatic rings. The monoisotopic (exact) mass is 382 g/mol. The van der Waals surface area contributed by atoms with Gasteiger partial charge >= 0.3 is 0 Å². The summed E-state index contributed by atoms with van der Waals surface area (Å²) in [5, 5.41) is 3.87. The third kappa shape index (κ3) is 3.43. The number of hydrogen-bond acceptors (Lipinski definition) is 5. The highest BCUT2D eigenvalue weighted by molar-refractivity contribution is 5.94. The number of rotatable bonds is 5. The van der Waals surface area contributed by atoms with Crippen LogP contribution in [0, 0.1) is 5.82 Å². The Morgan fingerprint density at radius 1 is 1.43 bits per heavy atom. The van der Waals surface area contributed by atoms with E-state index in [1.165, 1.54) is 23.8 Å². The van der Waals surface area contributed by atoms with Gasteiger partial charge in [0.1, 0.15) is 23.6 Å². The Morgan fingerprint density at radius 3 is 3.07 bits per heavy atom. The summed E-state index contributed by atoms with van der Waals surface area (Å²) in [6.45, 7) is 3.71. The molecule has 1 fully saturated rings. The molecule has 1 amide bonds. The molecule has 4 N–H and O–H groups in total. The number of H-pyrrole nitrogens is 1. The predicted octanol–water partition coefficient (Wildman–Crippen LogP) is 2.00. The second-order valence-electron chi connectivity index (χ2n) is 7.32. The van der Waals surface area contributed by atoms with Gasteiger partial charge in [-0.15, -0.1) is 0 Å². The van der Waals surface area contributed by atoms with E-state index >= 15 is 0 Å². The molecule has 1 aromatic carbocycles. The maximum atomic E-state index is 13.3. The highest BCUT2D eigenvalue weighted by Crippen LogP contribution is 2.31. The largest absolute Gasteiger partial charge is 0.354 e. The molecule has 1 saturated heterocycles. The van der Waals surface area contributed by atoms with Crippen molar-refractivity contribution in [1.82, 2.24) is 20.3 Å². The number of nitrogens with two attached hydrogens (primary N) is 1. The van der Waals surface area contributed by atoms with Gasteiger partial charge in [0.15, 0.2) is 0 Å². The first-order valence-electron chi connectivity index (χ1n) is 9.38. The van der Waals surface area contributed by atoms with Crippen LogP contribution < -0.4 is 16.0 Å². The summed E-state index contributed by atoms with van der Waals surface area (Å²) >= 11 is 0. The first kappa shape index (κ1) is 18.4. The van der Waals surface area contributed by atoms with Crippen LogP contribution in [0.25, 0.3) is 11.0 Å². The fraction of sp³-hybridized carbons (Fsp3) is 0.350. The number of carbonyl (C=O) groups is 1. The molecule has 28 heavy (non-hydrogen) atoms.